The first-order valence-electron chi connectivity index (χ1n) is 8.33. The number of anilines is 1. The molecule has 0 spiro atoms. The van der Waals surface area contributed by atoms with E-state index in [9.17, 15) is 9.18 Å². The van der Waals surface area contributed by atoms with Crippen LogP contribution < -0.4 is 5.32 Å². The van der Waals surface area contributed by atoms with Crippen molar-refractivity contribution in [3.63, 3.8) is 0 Å². The Balaban J connectivity index is 1.67. The molecule has 1 aromatic heterocycles. The third kappa shape index (κ3) is 4.07. The zero-order chi connectivity index (χ0) is 16.8. The zero-order valence-electron chi connectivity index (χ0n) is 13.5. The predicted octanol–water partition coefficient (Wildman–Crippen LogP) is 3.24. The lowest BCUT2D eigenvalue weighted by Crippen LogP contribution is -2.32. The molecule has 5 nitrogen and oxygen atoms in total. The molecule has 1 aliphatic heterocycles. The molecule has 1 aliphatic rings. The van der Waals surface area contributed by atoms with Crippen LogP contribution in [0.3, 0.4) is 0 Å². The molecule has 1 amide bonds. The van der Waals surface area contributed by atoms with E-state index in [-0.39, 0.29) is 18.3 Å². The molecule has 0 bridgehead atoms. The van der Waals surface area contributed by atoms with Crippen molar-refractivity contribution in [3.05, 3.63) is 53.6 Å². The number of nitrogens with zero attached hydrogens (tertiary/aromatic N) is 3. The lowest BCUT2D eigenvalue weighted by atomic mass is 10.2. The van der Waals surface area contributed by atoms with E-state index in [1.807, 2.05) is 4.90 Å². The summed E-state index contributed by atoms with van der Waals surface area (Å²) in [7, 11) is 0. The smallest absolute Gasteiger partial charge is 0.272 e. The van der Waals surface area contributed by atoms with E-state index in [0.717, 1.165) is 25.9 Å². The molecule has 126 valence electrons. The molecule has 1 saturated heterocycles. The number of aromatic nitrogens is 2. The summed E-state index contributed by atoms with van der Waals surface area (Å²) in [5, 5.41) is 2.98. The Morgan fingerprint density at radius 3 is 2.62 bits per heavy atom. The topological polar surface area (TPSA) is 58.1 Å². The van der Waals surface area contributed by atoms with E-state index >= 15 is 0 Å². The molecule has 1 aromatic carbocycles. The lowest BCUT2D eigenvalue weighted by Gasteiger charge is -2.19. The first-order valence-corrected chi connectivity index (χ1v) is 8.33. The number of benzene rings is 1. The number of carbonyl (C=O) groups excluding carboxylic acids is 1. The Labute approximate surface area is 140 Å². The highest BCUT2D eigenvalue weighted by Crippen LogP contribution is 2.13. The van der Waals surface area contributed by atoms with Gasteiger partial charge in [-0.05, 0) is 25.0 Å². The van der Waals surface area contributed by atoms with Crippen LogP contribution in [0.4, 0.5) is 10.3 Å². The largest absolute Gasteiger partial charge is 0.350 e. The molecule has 24 heavy (non-hydrogen) atoms. The first kappa shape index (κ1) is 16.4. The molecule has 1 fully saturated rings. The molecule has 2 heterocycles. The average Bonchev–Trinajstić information content (AvgIpc) is 2.90. The van der Waals surface area contributed by atoms with Gasteiger partial charge in [0.05, 0.1) is 0 Å². The summed E-state index contributed by atoms with van der Waals surface area (Å²) in [6.07, 6.45) is 5.97. The molecule has 0 radical (unpaired) electrons. The van der Waals surface area contributed by atoms with Gasteiger partial charge in [0.1, 0.15) is 11.5 Å². The van der Waals surface area contributed by atoms with Crippen molar-refractivity contribution >= 4 is 11.9 Å². The Bertz CT molecular complexity index is 699. The highest BCUT2D eigenvalue weighted by Gasteiger charge is 2.18. The quantitative estimate of drug-likeness (QED) is 0.936. The number of halogens is 1. The molecular weight excluding hydrogens is 307 g/mol. The van der Waals surface area contributed by atoms with Gasteiger partial charge in [-0.3, -0.25) is 4.79 Å². The van der Waals surface area contributed by atoms with Crippen LogP contribution in [0.15, 0.2) is 36.5 Å². The van der Waals surface area contributed by atoms with E-state index in [1.54, 1.807) is 30.5 Å². The van der Waals surface area contributed by atoms with Crippen LogP contribution >= 0.6 is 0 Å². The van der Waals surface area contributed by atoms with E-state index < -0.39 is 0 Å². The van der Waals surface area contributed by atoms with E-state index in [0.29, 0.717) is 17.2 Å². The van der Waals surface area contributed by atoms with Gasteiger partial charge < -0.3 is 10.2 Å². The van der Waals surface area contributed by atoms with E-state index in [4.69, 9.17) is 0 Å². The van der Waals surface area contributed by atoms with Gasteiger partial charge in [0.25, 0.3) is 5.91 Å². The summed E-state index contributed by atoms with van der Waals surface area (Å²) >= 11 is 0. The monoisotopic (exact) mass is 328 g/mol. The van der Waals surface area contributed by atoms with E-state index in [1.165, 1.54) is 18.9 Å². The number of carbonyl (C=O) groups is 1. The number of nitrogens with one attached hydrogen (secondary N) is 1. The van der Waals surface area contributed by atoms with Gasteiger partial charge >= 0.3 is 0 Å². The van der Waals surface area contributed by atoms with Crippen molar-refractivity contribution in [2.75, 3.05) is 18.4 Å². The van der Waals surface area contributed by atoms with Crippen LogP contribution in [0, 0.1) is 5.82 Å². The second kappa shape index (κ2) is 7.86. The Hall–Kier alpha value is -2.50. The summed E-state index contributed by atoms with van der Waals surface area (Å²) in [6.45, 7) is 1.83. The molecule has 3 rings (SSSR count). The fourth-order valence-corrected chi connectivity index (χ4v) is 2.81. The highest BCUT2D eigenvalue weighted by atomic mass is 19.1. The predicted molar refractivity (Wildman–Crippen MR) is 90.1 cm³/mol. The van der Waals surface area contributed by atoms with Gasteiger partial charge in [-0.2, -0.15) is 0 Å². The van der Waals surface area contributed by atoms with Crippen molar-refractivity contribution in [2.45, 2.75) is 32.2 Å². The van der Waals surface area contributed by atoms with Gasteiger partial charge in [0.2, 0.25) is 5.95 Å². The number of hydrogen-bond acceptors (Lipinski definition) is 4. The SMILES string of the molecule is O=C(c1ccnc(NCc2ccccc2F)n1)N1CCCCCC1. The summed E-state index contributed by atoms with van der Waals surface area (Å²) in [4.78, 5) is 22.8. The van der Waals surface area contributed by atoms with Gasteiger partial charge in [-0.15, -0.1) is 0 Å². The number of likely N-dealkylation sites (tertiary alicyclic amines) is 1. The second-order valence-corrected chi connectivity index (χ2v) is 5.92. The summed E-state index contributed by atoms with van der Waals surface area (Å²) in [5.41, 5.74) is 0.910. The van der Waals surface area contributed by atoms with Crippen molar-refractivity contribution in [1.29, 1.82) is 0 Å². The number of amides is 1. The third-order valence-electron chi connectivity index (χ3n) is 4.16. The van der Waals surface area contributed by atoms with Gasteiger partial charge in [0.15, 0.2) is 0 Å². The average molecular weight is 328 g/mol. The number of rotatable bonds is 4. The molecule has 6 heteroatoms. The maximum absolute atomic E-state index is 13.6. The number of hydrogen-bond donors (Lipinski definition) is 1. The summed E-state index contributed by atoms with van der Waals surface area (Å²) < 4.78 is 13.6. The minimum absolute atomic E-state index is 0.0618. The molecule has 0 saturated carbocycles. The fraction of sp³-hybridized carbons (Fsp3) is 0.389. The lowest BCUT2D eigenvalue weighted by molar-refractivity contribution is 0.0755. The van der Waals surface area contributed by atoms with Gasteiger partial charge in [-0.25, -0.2) is 14.4 Å². The van der Waals surface area contributed by atoms with Crippen LogP contribution in [-0.2, 0) is 6.54 Å². The molecular formula is C18H21FN4O. The van der Waals surface area contributed by atoms with Crippen LogP contribution in [0.5, 0.6) is 0 Å². The van der Waals surface area contributed by atoms with Crippen LogP contribution in [0.25, 0.3) is 0 Å². The minimum atomic E-state index is -0.276. The van der Waals surface area contributed by atoms with Crippen LogP contribution in [-0.4, -0.2) is 33.9 Å². The maximum atomic E-state index is 13.6. The first-order chi connectivity index (χ1) is 11.7. The third-order valence-corrected chi connectivity index (χ3v) is 4.16. The Morgan fingerprint density at radius 1 is 1.12 bits per heavy atom. The van der Waals surface area contributed by atoms with Crippen molar-refractivity contribution in [3.8, 4) is 0 Å². The van der Waals surface area contributed by atoms with Crippen molar-refractivity contribution < 1.29 is 9.18 Å². The molecule has 2 aromatic rings. The molecule has 0 aliphatic carbocycles. The standard InChI is InChI=1S/C18H21FN4O/c19-15-8-4-3-7-14(15)13-21-18-20-10-9-16(22-18)17(24)23-11-5-1-2-6-12-23/h3-4,7-10H,1-2,5-6,11-13H2,(H,20,21,22). The molecule has 0 atom stereocenters. The molecule has 0 unspecified atom stereocenters. The highest BCUT2D eigenvalue weighted by molar-refractivity contribution is 5.92. The Kier molecular flexibility index (Phi) is 5.36. The van der Waals surface area contributed by atoms with E-state index in [2.05, 4.69) is 15.3 Å². The normalized spacial score (nSPS) is 15.0. The second-order valence-electron chi connectivity index (χ2n) is 5.92. The van der Waals surface area contributed by atoms with Crippen LogP contribution in [0.1, 0.15) is 41.7 Å². The van der Waals surface area contributed by atoms with Gasteiger partial charge in [0, 0.05) is 31.4 Å². The van der Waals surface area contributed by atoms with Crippen LogP contribution in [0.2, 0.25) is 0 Å². The van der Waals surface area contributed by atoms with Gasteiger partial charge in [-0.1, -0.05) is 31.0 Å². The summed E-state index contributed by atoms with van der Waals surface area (Å²) in [5.74, 6) is -0.00559. The summed E-state index contributed by atoms with van der Waals surface area (Å²) in [6, 6.07) is 8.17. The Morgan fingerprint density at radius 2 is 1.88 bits per heavy atom. The maximum Gasteiger partial charge on any atom is 0.272 e. The molecule has 1 N–H and O–H groups in total. The van der Waals surface area contributed by atoms with Crippen molar-refractivity contribution in [1.82, 2.24) is 14.9 Å². The fourth-order valence-electron chi connectivity index (χ4n) is 2.81. The minimum Gasteiger partial charge on any atom is -0.350 e. The van der Waals surface area contributed by atoms with Crippen molar-refractivity contribution in [2.24, 2.45) is 0 Å². The zero-order valence-corrected chi connectivity index (χ0v) is 13.5.